The molecule has 4 rings (SSSR count). The maximum absolute atomic E-state index is 13.7. The molecule has 1 N–H and O–H groups in total. The number of phenols is 1. The van der Waals surface area contributed by atoms with Crippen LogP contribution in [0.5, 0.6) is 5.75 Å². The fourth-order valence-corrected chi connectivity index (χ4v) is 4.32. The number of nitrogens with zero attached hydrogens (tertiary/aromatic N) is 2. The van der Waals surface area contributed by atoms with Gasteiger partial charge < -0.3 is 14.4 Å². The zero-order valence-corrected chi connectivity index (χ0v) is 18.6. The summed E-state index contributed by atoms with van der Waals surface area (Å²) in [6.07, 6.45) is 0.198. The molecule has 0 saturated heterocycles. The van der Waals surface area contributed by atoms with E-state index in [1.54, 1.807) is 42.5 Å². The lowest BCUT2D eigenvalue weighted by molar-refractivity contribution is 0.0601. The van der Waals surface area contributed by atoms with Crippen LogP contribution in [0.1, 0.15) is 36.3 Å². The number of nitriles is 1. The van der Waals surface area contributed by atoms with Crippen LogP contribution in [0.4, 0.5) is 4.39 Å². The minimum atomic E-state index is -0.656. The first-order valence-electron chi connectivity index (χ1n) is 10.5. The van der Waals surface area contributed by atoms with E-state index in [0.29, 0.717) is 27.8 Å². The number of carbonyl (C=O) groups excluding carboxylic acids is 1. The van der Waals surface area contributed by atoms with Crippen molar-refractivity contribution >= 4 is 16.9 Å². The molecule has 0 aliphatic rings. The molecule has 1 heterocycles. The second-order valence-corrected chi connectivity index (χ2v) is 8.49. The van der Waals surface area contributed by atoms with Crippen molar-refractivity contribution in [3.8, 4) is 28.6 Å². The van der Waals surface area contributed by atoms with Crippen molar-refractivity contribution in [3.63, 3.8) is 0 Å². The van der Waals surface area contributed by atoms with Crippen molar-refractivity contribution < 1.29 is 19.0 Å². The van der Waals surface area contributed by atoms with Gasteiger partial charge in [0.15, 0.2) is 0 Å². The topological polar surface area (TPSA) is 75.2 Å². The van der Waals surface area contributed by atoms with Crippen molar-refractivity contribution in [2.75, 3.05) is 7.11 Å². The third-order valence-electron chi connectivity index (χ3n) is 5.80. The quantitative estimate of drug-likeness (QED) is 0.378. The van der Waals surface area contributed by atoms with E-state index in [9.17, 15) is 19.6 Å². The van der Waals surface area contributed by atoms with Gasteiger partial charge in [-0.1, -0.05) is 32.0 Å². The Morgan fingerprint density at radius 2 is 1.82 bits per heavy atom. The van der Waals surface area contributed by atoms with Gasteiger partial charge in [0.1, 0.15) is 11.6 Å². The number of aromatic nitrogens is 1. The molecule has 0 aliphatic carbocycles. The number of rotatable bonds is 5. The molecular weight excluding hydrogens is 419 g/mol. The van der Waals surface area contributed by atoms with Crippen LogP contribution in [0.15, 0.2) is 66.7 Å². The zero-order chi connectivity index (χ0) is 23.8. The number of phenolic OH excluding ortho intramolecular Hbond substituents is 1. The number of hydrogen-bond donors (Lipinski definition) is 1. The van der Waals surface area contributed by atoms with Crippen LogP contribution < -0.4 is 0 Å². The fraction of sp³-hybridized carbons (Fsp3) is 0.185. The van der Waals surface area contributed by atoms with Crippen molar-refractivity contribution in [1.29, 1.82) is 5.26 Å². The number of fused-ring (bicyclic) bond motifs is 1. The van der Waals surface area contributed by atoms with Gasteiger partial charge in [0.05, 0.1) is 24.3 Å². The Morgan fingerprint density at radius 3 is 2.48 bits per heavy atom. The van der Waals surface area contributed by atoms with Crippen LogP contribution in [0.25, 0.3) is 27.7 Å². The summed E-state index contributed by atoms with van der Waals surface area (Å²) in [6.45, 7) is 3.91. The summed E-state index contributed by atoms with van der Waals surface area (Å²) >= 11 is 0. The Hall–Kier alpha value is -4.11. The number of hydrogen-bond acceptors (Lipinski definition) is 4. The Kier molecular flexibility index (Phi) is 5.65. The highest BCUT2D eigenvalue weighted by molar-refractivity contribution is 6.06. The van der Waals surface area contributed by atoms with Crippen LogP contribution in [0.2, 0.25) is 0 Å². The first kappa shape index (κ1) is 22.1. The molecule has 1 aromatic heterocycles. The summed E-state index contributed by atoms with van der Waals surface area (Å²) in [5.74, 6) is -0.778. The van der Waals surface area contributed by atoms with Gasteiger partial charge in [-0.25, -0.2) is 9.18 Å². The third-order valence-corrected chi connectivity index (χ3v) is 5.80. The van der Waals surface area contributed by atoms with E-state index in [-0.39, 0.29) is 18.0 Å². The zero-order valence-electron chi connectivity index (χ0n) is 18.6. The van der Waals surface area contributed by atoms with Crippen LogP contribution in [-0.2, 0) is 10.2 Å². The smallest absolute Gasteiger partial charge is 0.338 e. The Labute approximate surface area is 191 Å². The predicted molar refractivity (Wildman–Crippen MR) is 125 cm³/mol. The summed E-state index contributed by atoms with van der Waals surface area (Å²) in [7, 11) is 1.33. The van der Waals surface area contributed by atoms with Gasteiger partial charge in [0.25, 0.3) is 0 Å². The third kappa shape index (κ3) is 3.83. The van der Waals surface area contributed by atoms with Crippen LogP contribution >= 0.6 is 0 Å². The second-order valence-electron chi connectivity index (χ2n) is 8.49. The normalized spacial score (nSPS) is 11.4. The molecule has 0 fully saturated rings. The Balaban J connectivity index is 2.22. The number of methoxy groups -OCH3 is 1. The number of esters is 1. The molecule has 0 unspecified atom stereocenters. The van der Waals surface area contributed by atoms with Gasteiger partial charge in [-0.05, 0) is 54.1 Å². The molecule has 0 bridgehead atoms. The molecule has 4 aromatic rings. The van der Waals surface area contributed by atoms with Gasteiger partial charge >= 0.3 is 5.97 Å². The summed E-state index contributed by atoms with van der Waals surface area (Å²) < 4.78 is 20.7. The molecule has 0 spiro atoms. The van der Waals surface area contributed by atoms with Gasteiger partial charge in [-0.15, -0.1) is 0 Å². The maximum atomic E-state index is 13.7. The number of benzene rings is 3. The number of halogens is 1. The first-order chi connectivity index (χ1) is 15.8. The summed E-state index contributed by atoms with van der Waals surface area (Å²) in [6, 6.07) is 20.5. The molecule has 6 heteroatoms. The first-order valence-corrected chi connectivity index (χ1v) is 10.5. The average molecular weight is 442 g/mol. The largest absolute Gasteiger partial charge is 0.508 e. The lowest BCUT2D eigenvalue weighted by atomic mass is 9.81. The van der Waals surface area contributed by atoms with E-state index in [4.69, 9.17) is 4.74 Å². The van der Waals surface area contributed by atoms with E-state index in [0.717, 1.165) is 11.2 Å². The lowest BCUT2D eigenvalue weighted by Gasteiger charge is -2.27. The molecule has 166 valence electrons. The fourth-order valence-electron chi connectivity index (χ4n) is 4.32. The van der Waals surface area contributed by atoms with E-state index < -0.39 is 11.4 Å². The van der Waals surface area contributed by atoms with Crippen molar-refractivity contribution in [1.82, 2.24) is 4.57 Å². The maximum Gasteiger partial charge on any atom is 0.338 e. The van der Waals surface area contributed by atoms with Crippen LogP contribution in [-0.4, -0.2) is 22.8 Å². The van der Waals surface area contributed by atoms with E-state index in [1.807, 2.05) is 30.5 Å². The van der Waals surface area contributed by atoms with E-state index >= 15 is 0 Å². The minimum Gasteiger partial charge on any atom is -0.508 e. The Bertz CT molecular complexity index is 1400. The SMILES string of the molecule is COC(=O)c1ccccc1-c1c(C(C)(C)CC#N)n(-c2ccc(F)cc2)c2ccc(O)cc12. The minimum absolute atomic E-state index is 0.0696. The number of ether oxygens (including phenoxy) is 1. The van der Waals surface area contributed by atoms with Gasteiger partial charge in [0, 0.05) is 34.2 Å². The van der Waals surface area contributed by atoms with Gasteiger partial charge in [-0.3, -0.25) is 0 Å². The summed E-state index contributed by atoms with van der Waals surface area (Å²) in [4.78, 5) is 12.6. The highest BCUT2D eigenvalue weighted by Gasteiger charge is 2.33. The summed E-state index contributed by atoms with van der Waals surface area (Å²) in [5.41, 5.74) is 3.29. The molecule has 0 radical (unpaired) electrons. The molecule has 0 aliphatic heterocycles. The highest BCUT2D eigenvalue weighted by Crippen LogP contribution is 2.45. The standard InChI is InChI=1S/C27H23FN2O3/c1-27(2,14-15-29)25-24(20-6-4-5-7-21(20)26(32)33-3)22-16-19(31)12-13-23(22)30(25)18-10-8-17(28)9-11-18/h4-13,16,31H,14H2,1-3H3. The monoisotopic (exact) mass is 442 g/mol. The second kappa shape index (κ2) is 8.44. The van der Waals surface area contributed by atoms with Crippen LogP contribution in [0, 0.1) is 17.1 Å². The molecule has 33 heavy (non-hydrogen) atoms. The van der Waals surface area contributed by atoms with Crippen LogP contribution in [0.3, 0.4) is 0 Å². The lowest BCUT2D eigenvalue weighted by Crippen LogP contribution is -2.22. The average Bonchev–Trinajstić information content (AvgIpc) is 3.14. The number of aromatic hydroxyl groups is 1. The van der Waals surface area contributed by atoms with Crippen molar-refractivity contribution in [2.45, 2.75) is 25.7 Å². The molecule has 3 aromatic carbocycles. The number of carbonyl (C=O) groups is 1. The molecule has 0 saturated carbocycles. The van der Waals surface area contributed by atoms with E-state index in [1.165, 1.54) is 19.2 Å². The van der Waals surface area contributed by atoms with Crippen molar-refractivity contribution in [3.05, 3.63) is 83.8 Å². The molecule has 0 atom stereocenters. The van der Waals surface area contributed by atoms with E-state index in [2.05, 4.69) is 6.07 Å². The predicted octanol–water partition coefficient (Wildman–Crippen LogP) is 6.12. The van der Waals surface area contributed by atoms with Gasteiger partial charge in [0.2, 0.25) is 0 Å². The molecule has 5 nitrogen and oxygen atoms in total. The van der Waals surface area contributed by atoms with Crippen molar-refractivity contribution in [2.24, 2.45) is 0 Å². The highest BCUT2D eigenvalue weighted by atomic mass is 19.1. The molecule has 0 amide bonds. The molecular formula is C27H23FN2O3. The summed E-state index contributed by atoms with van der Waals surface area (Å²) in [5, 5.41) is 20.6. The van der Waals surface area contributed by atoms with Gasteiger partial charge in [-0.2, -0.15) is 5.26 Å². The Morgan fingerprint density at radius 1 is 1.12 bits per heavy atom.